The lowest BCUT2D eigenvalue weighted by Gasteiger charge is -2.26. The Kier molecular flexibility index (Phi) is 3.78. The number of aliphatic hydroxyl groups excluding tert-OH is 1. The van der Waals surface area contributed by atoms with E-state index in [0.717, 1.165) is 37.2 Å². The maximum atomic E-state index is 9.45. The molecule has 0 atom stereocenters. The molecule has 1 aromatic heterocycles. The van der Waals surface area contributed by atoms with Gasteiger partial charge >= 0.3 is 6.01 Å². The second kappa shape index (κ2) is 5.31. The van der Waals surface area contributed by atoms with Crippen molar-refractivity contribution in [1.29, 1.82) is 0 Å². The first kappa shape index (κ1) is 12.1. The molecule has 2 rings (SSSR count). The standard InChI is InChI=1S/C12H19N3O2/c1-8-7-11(15-12(13-8)17-2)14-9-3-5-10(16)6-4-9/h7,9-10,16H,3-6H2,1-2H3,(H,13,14,15). The molecule has 0 radical (unpaired) electrons. The van der Waals surface area contributed by atoms with Crippen molar-refractivity contribution in [3.63, 3.8) is 0 Å². The Balaban J connectivity index is 2.00. The average Bonchev–Trinajstić information content (AvgIpc) is 2.31. The number of hydrogen-bond donors (Lipinski definition) is 2. The van der Waals surface area contributed by atoms with Gasteiger partial charge in [-0.15, -0.1) is 0 Å². The summed E-state index contributed by atoms with van der Waals surface area (Å²) in [6.07, 6.45) is 3.55. The van der Waals surface area contributed by atoms with E-state index < -0.39 is 0 Å². The predicted octanol–water partition coefficient (Wildman–Crippen LogP) is 1.51. The van der Waals surface area contributed by atoms with Gasteiger partial charge in [0.1, 0.15) is 5.82 Å². The van der Waals surface area contributed by atoms with Crippen LogP contribution in [0.25, 0.3) is 0 Å². The van der Waals surface area contributed by atoms with Crippen molar-refractivity contribution in [2.24, 2.45) is 0 Å². The highest BCUT2D eigenvalue weighted by atomic mass is 16.5. The van der Waals surface area contributed by atoms with Crippen molar-refractivity contribution in [2.75, 3.05) is 12.4 Å². The molecule has 0 spiro atoms. The molecule has 17 heavy (non-hydrogen) atoms. The van der Waals surface area contributed by atoms with Crippen LogP contribution in [0.2, 0.25) is 0 Å². The molecule has 0 aliphatic heterocycles. The van der Waals surface area contributed by atoms with Crippen molar-refractivity contribution in [2.45, 2.75) is 44.8 Å². The van der Waals surface area contributed by atoms with Gasteiger partial charge in [-0.1, -0.05) is 0 Å². The van der Waals surface area contributed by atoms with Crippen LogP contribution in [-0.2, 0) is 0 Å². The molecule has 0 amide bonds. The number of aryl methyl sites for hydroxylation is 1. The first-order valence-corrected chi connectivity index (χ1v) is 6.01. The van der Waals surface area contributed by atoms with Gasteiger partial charge in [-0.3, -0.25) is 0 Å². The highest BCUT2D eigenvalue weighted by molar-refractivity contribution is 5.38. The second-order valence-electron chi connectivity index (χ2n) is 4.53. The third-order valence-electron chi connectivity index (χ3n) is 3.06. The molecule has 94 valence electrons. The summed E-state index contributed by atoms with van der Waals surface area (Å²) in [5, 5.41) is 12.8. The number of ether oxygens (including phenoxy) is 1. The summed E-state index contributed by atoms with van der Waals surface area (Å²) < 4.78 is 5.04. The van der Waals surface area contributed by atoms with Gasteiger partial charge in [0.15, 0.2) is 0 Å². The molecule has 1 aliphatic carbocycles. The van der Waals surface area contributed by atoms with Crippen LogP contribution in [0.1, 0.15) is 31.4 Å². The zero-order valence-corrected chi connectivity index (χ0v) is 10.3. The Labute approximate surface area is 101 Å². The summed E-state index contributed by atoms with van der Waals surface area (Å²) in [5.74, 6) is 0.802. The molecular formula is C12H19N3O2. The van der Waals surface area contributed by atoms with Crippen molar-refractivity contribution in [3.05, 3.63) is 11.8 Å². The number of aliphatic hydroxyl groups is 1. The maximum Gasteiger partial charge on any atom is 0.318 e. The summed E-state index contributed by atoms with van der Waals surface area (Å²) in [6, 6.07) is 2.69. The fraction of sp³-hybridized carbons (Fsp3) is 0.667. The van der Waals surface area contributed by atoms with Crippen LogP contribution < -0.4 is 10.1 Å². The topological polar surface area (TPSA) is 67.3 Å². The van der Waals surface area contributed by atoms with Gasteiger partial charge in [-0.2, -0.15) is 4.98 Å². The second-order valence-corrected chi connectivity index (χ2v) is 4.53. The van der Waals surface area contributed by atoms with E-state index >= 15 is 0 Å². The molecule has 0 unspecified atom stereocenters. The fourth-order valence-electron chi connectivity index (χ4n) is 2.14. The molecule has 5 heteroatoms. The Bertz CT molecular complexity index is 376. The SMILES string of the molecule is COc1nc(C)cc(NC2CCC(O)CC2)n1. The first-order valence-electron chi connectivity index (χ1n) is 6.01. The monoisotopic (exact) mass is 237 g/mol. The molecule has 1 saturated carbocycles. The van der Waals surface area contributed by atoms with E-state index in [1.807, 2.05) is 13.0 Å². The third kappa shape index (κ3) is 3.30. The molecule has 1 aromatic rings. The number of hydrogen-bond acceptors (Lipinski definition) is 5. The Morgan fingerprint density at radius 2 is 2.00 bits per heavy atom. The van der Waals surface area contributed by atoms with Gasteiger partial charge < -0.3 is 15.2 Å². The largest absolute Gasteiger partial charge is 0.467 e. The lowest BCUT2D eigenvalue weighted by molar-refractivity contribution is 0.126. The minimum absolute atomic E-state index is 0.130. The normalized spacial score (nSPS) is 24.4. The lowest BCUT2D eigenvalue weighted by Crippen LogP contribution is -2.28. The van der Waals surface area contributed by atoms with E-state index in [2.05, 4.69) is 15.3 Å². The summed E-state index contributed by atoms with van der Waals surface area (Å²) in [4.78, 5) is 8.40. The summed E-state index contributed by atoms with van der Waals surface area (Å²) >= 11 is 0. The zero-order chi connectivity index (χ0) is 12.3. The molecule has 1 heterocycles. The quantitative estimate of drug-likeness (QED) is 0.834. The van der Waals surface area contributed by atoms with E-state index in [1.54, 1.807) is 7.11 Å². The fourth-order valence-corrected chi connectivity index (χ4v) is 2.14. The summed E-state index contributed by atoms with van der Waals surface area (Å²) in [7, 11) is 1.56. The highest BCUT2D eigenvalue weighted by Crippen LogP contribution is 2.22. The van der Waals surface area contributed by atoms with Crippen molar-refractivity contribution < 1.29 is 9.84 Å². The first-order chi connectivity index (χ1) is 8.17. The van der Waals surface area contributed by atoms with E-state index in [-0.39, 0.29) is 6.10 Å². The number of anilines is 1. The van der Waals surface area contributed by atoms with Crippen molar-refractivity contribution >= 4 is 5.82 Å². The van der Waals surface area contributed by atoms with E-state index in [1.165, 1.54) is 0 Å². The van der Waals surface area contributed by atoms with E-state index in [0.29, 0.717) is 12.1 Å². The van der Waals surface area contributed by atoms with E-state index in [4.69, 9.17) is 4.74 Å². The number of methoxy groups -OCH3 is 1. The average molecular weight is 237 g/mol. The van der Waals surface area contributed by atoms with Gasteiger partial charge in [-0.05, 0) is 32.6 Å². The van der Waals surface area contributed by atoms with Gasteiger partial charge in [-0.25, -0.2) is 4.98 Å². The molecule has 0 saturated heterocycles. The Morgan fingerprint density at radius 3 is 2.65 bits per heavy atom. The van der Waals surface area contributed by atoms with Crippen molar-refractivity contribution in [3.8, 4) is 6.01 Å². The zero-order valence-electron chi connectivity index (χ0n) is 10.3. The summed E-state index contributed by atoms with van der Waals surface area (Å²) in [6.45, 7) is 1.92. The minimum Gasteiger partial charge on any atom is -0.467 e. The van der Waals surface area contributed by atoms with Gasteiger partial charge in [0.05, 0.1) is 13.2 Å². The highest BCUT2D eigenvalue weighted by Gasteiger charge is 2.19. The van der Waals surface area contributed by atoms with Gasteiger partial charge in [0.25, 0.3) is 0 Å². The van der Waals surface area contributed by atoms with E-state index in [9.17, 15) is 5.11 Å². The maximum absolute atomic E-state index is 9.45. The summed E-state index contributed by atoms with van der Waals surface area (Å²) in [5.41, 5.74) is 0.884. The van der Waals surface area contributed by atoms with Crippen LogP contribution in [0.4, 0.5) is 5.82 Å². The predicted molar refractivity (Wildman–Crippen MR) is 65.2 cm³/mol. The molecule has 0 bridgehead atoms. The van der Waals surface area contributed by atoms with Crippen LogP contribution in [0.15, 0.2) is 6.07 Å². The van der Waals surface area contributed by atoms with Crippen molar-refractivity contribution in [1.82, 2.24) is 9.97 Å². The Morgan fingerprint density at radius 1 is 1.29 bits per heavy atom. The number of aromatic nitrogens is 2. The number of nitrogens with zero attached hydrogens (tertiary/aromatic N) is 2. The molecule has 1 aliphatic rings. The number of rotatable bonds is 3. The molecule has 5 nitrogen and oxygen atoms in total. The van der Waals surface area contributed by atoms with Crippen LogP contribution in [0.5, 0.6) is 6.01 Å². The minimum atomic E-state index is -0.130. The smallest absolute Gasteiger partial charge is 0.318 e. The van der Waals surface area contributed by atoms with Gasteiger partial charge in [0.2, 0.25) is 0 Å². The van der Waals surface area contributed by atoms with Crippen LogP contribution in [0.3, 0.4) is 0 Å². The number of nitrogens with one attached hydrogen (secondary N) is 1. The Hall–Kier alpha value is -1.36. The molecular weight excluding hydrogens is 218 g/mol. The molecule has 0 aromatic carbocycles. The molecule has 2 N–H and O–H groups in total. The van der Waals surface area contributed by atoms with Crippen LogP contribution >= 0.6 is 0 Å². The van der Waals surface area contributed by atoms with Crippen LogP contribution in [0, 0.1) is 6.92 Å². The van der Waals surface area contributed by atoms with Crippen LogP contribution in [-0.4, -0.2) is 34.3 Å². The third-order valence-corrected chi connectivity index (χ3v) is 3.06. The lowest BCUT2D eigenvalue weighted by atomic mass is 9.93. The molecule has 1 fully saturated rings. The van der Waals surface area contributed by atoms with Gasteiger partial charge in [0, 0.05) is 17.8 Å².